The molecule has 1 fully saturated rings. The third-order valence-corrected chi connectivity index (χ3v) is 5.17. The summed E-state index contributed by atoms with van der Waals surface area (Å²) in [5.41, 5.74) is 1.76. The van der Waals surface area contributed by atoms with E-state index in [9.17, 15) is 9.59 Å². The van der Waals surface area contributed by atoms with E-state index in [-0.39, 0.29) is 11.9 Å². The highest BCUT2D eigenvalue weighted by molar-refractivity contribution is 5.83. The van der Waals surface area contributed by atoms with Crippen LogP contribution in [-0.2, 0) is 23.0 Å². The van der Waals surface area contributed by atoms with Gasteiger partial charge in [-0.1, -0.05) is 13.8 Å². The Morgan fingerprint density at radius 2 is 2.19 bits per heavy atom. The predicted molar refractivity (Wildman–Crippen MR) is 101 cm³/mol. The number of methoxy groups -OCH3 is 1. The molecule has 8 nitrogen and oxygen atoms in total. The summed E-state index contributed by atoms with van der Waals surface area (Å²) in [5, 5.41) is 2.81. The molecule has 2 aromatic rings. The number of urea groups is 1. The minimum Gasteiger partial charge on any atom is -0.467 e. The van der Waals surface area contributed by atoms with Gasteiger partial charge in [-0.25, -0.2) is 19.6 Å². The number of carbonyl (C=O) groups is 2. The van der Waals surface area contributed by atoms with Crippen molar-refractivity contribution in [3.05, 3.63) is 24.2 Å². The summed E-state index contributed by atoms with van der Waals surface area (Å²) in [4.78, 5) is 35.2. The number of hydrogen-bond donors (Lipinski definition) is 1. The number of likely N-dealkylation sites (tertiary alicyclic amines) is 1. The maximum absolute atomic E-state index is 12.6. The highest BCUT2D eigenvalue weighted by Crippen LogP contribution is 2.22. The molecule has 0 aromatic carbocycles. The van der Waals surface area contributed by atoms with Crippen LogP contribution in [0.3, 0.4) is 0 Å². The molecule has 1 N–H and O–H groups in total. The zero-order valence-electron chi connectivity index (χ0n) is 16.3. The number of aromatic nitrogens is 3. The normalized spacial score (nSPS) is 18.1. The number of rotatable bonds is 5. The molecule has 1 aliphatic heterocycles. The number of amides is 2. The molecule has 0 saturated carbocycles. The van der Waals surface area contributed by atoms with E-state index in [2.05, 4.69) is 15.3 Å². The number of fused-ring (bicyclic) bond motifs is 1. The van der Waals surface area contributed by atoms with Gasteiger partial charge in [-0.3, -0.25) is 0 Å². The quantitative estimate of drug-likeness (QED) is 0.807. The molecule has 0 unspecified atom stereocenters. The summed E-state index contributed by atoms with van der Waals surface area (Å²) in [6.45, 7) is 5.09. The molecule has 2 atom stereocenters. The van der Waals surface area contributed by atoms with Crippen LogP contribution in [0.1, 0.15) is 26.1 Å². The summed E-state index contributed by atoms with van der Waals surface area (Å²) in [7, 11) is 3.31. The number of esters is 1. The average Bonchev–Trinajstić information content (AvgIpc) is 3.24. The molecule has 0 bridgehead atoms. The summed E-state index contributed by atoms with van der Waals surface area (Å²) in [5.74, 6) is 0.862. The molecule has 0 spiro atoms. The number of imidazole rings is 1. The fourth-order valence-corrected chi connectivity index (χ4v) is 3.54. The van der Waals surface area contributed by atoms with Crippen molar-refractivity contribution in [3.8, 4) is 0 Å². The fraction of sp³-hybridized carbons (Fsp3) is 0.579. The number of carbonyl (C=O) groups excluding carboxylic acids is 2. The van der Waals surface area contributed by atoms with Gasteiger partial charge in [0.15, 0.2) is 5.65 Å². The van der Waals surface area contributed by atoms with Gasteiger partial charge in [-0.2, -0.15) is 0 Å². The molecule has 8 heteroatoms. The molecule has 27 heavy (non-hydrogen) atoms. The van der Waals surface area contributed by atoms with Crippen molar-refractivity contribution in [1.29, 1.82) is 0 Å². The van der Waals surface area contributed by atoms with Crippen molar-refractivity contribution in [1.82, 2.24) is 24.8 Å². The van der Waals surface area contributed by atoms with E-state index in [1.54, 1.807) is 11.1 Å². The van der Waals surface area contributed by atoms with Crippen molar-refractivity contribution in [2.45, 2.75) is 32.7 Å². The fourth-order valence-electron chi connectivity index (χ4n) is 3.54. The van der Waals surface area contributed by atoms with Crippen LogP contribution in [0.2, 0.25) is 0 Å². The van der Waals surface area contributed by atoms with E-state index in [1.807, 2.05) is 37.6 Å². The van der Waals surface area contributed by atoms with Crippen LogP contribution in [0, 0.1) is 11.8 Å². The molecular formula is C19H27N5O3. The van der Waals surface area contributed by atoms with Crippen LogP contribution in [-0.4, -0.2) is 57.7 Å². The van der Waals surface area contributed by atoms with Gasteiger partial charge in [0.1, 0.15) is 17.4 Å². The summed E-state index contributed by atoms with van der Waals surface area (Å²) in [6.07, 6.45) is 3.47. The first-order valence-corrected chi connectivity index (χ1v) is 9.30. The van der Waals surface area contributed by atoms with Crippen LogP contribution in [0.4, 0.5) is 4.79 Å². The maximum atomic E-state index is 12.6. The number of nitrogens with one attached hydrogen (secondary N) is 1. The second kappa shape index (κ2) is 7.94. The third-order valence-electron chi connectivity index (χ3n) is 5.17. The number of ether oxygens (including phenoxy) is 1. The lowest BCUT2D eigenvalue weighted by molar-refractivity contribution is -0.144. The average molecular weight is 373 g/mol. The molecule has 2 amide bonds. The first-order valence-electron chi connectivity index (χ1n) is 9.30. The van der Waals surface area contributed by atoms with Gasteiger partial charge in [0.25, 0.3) is 0 Å². The van der Waals surface area contributed by atoms with E-state index < -0.39 is 12.0 Å². The van der Waals surface area contributed by atoms with Gasteiger partial charge in [0.2, 0.25) is 0 Å². The summed E-state index contributed by atoms with van der Waals surface area (Å²) >= 11 is 0. The van der Waals surface area contributed by atoms with Crippen molar-refractivity contribution in [2.75, 3.05) is 20.2 Å². The van der Waals surface area contributed by atoms with Crippen molar-refractivity contribution in [2.24, 2.45) is 18.9 Å². The summed E-state index contributed by atoms with van der Waals surface area (Å²) in [6, 6.07) is 2.99. The molecule has 2 aromatic heterocycles. The van der Waals surface area contributed by atoms with Crippen molar-refractivity contribution < 1.29 is 14.3 Å². The minimum atomic E-state index is -0.632. The largest absolute Gasteiger partial charge is 0.467 e. The van der Waals surface area contributed by atoms with Gasteiger partial charge < -0.3 is 19.5 Å². The number of hydrogen-bond acceptors (Lipinski definition) is 5. The van der Waals surface area contributed by atoms with Crippen molar-refractivity contribution >= 4 is 23.2 Å². The molecule has 1 saturated heterocycles. The van der Waals surface area contributed by atoms with E-state index in [4.69, 9.17) is 4.74 Å². The van der Waals surface area contributed by atoms with E-state index in [1.165, 1.54) is 7.11 Å². The Labute approximate surface area is 158 Å². The minimum absolute atomic E-state index is 0.0349. The number of pyridine rings is 1. The highest BCUT2D eigenvalue weighted by atomic mass is 16.5. The first kappa shape index (κ1) is 19.1. The van der Waals surface area contributed by atoms with Crippen LogP contribution < -0.4 is 5.32 Å². The molecule has 0 radical (unpaired) electrons. The Morgan fingerprint density at radius 1 is 1.41 bits per heavy atom. The third kappa shape index (κ3) is 4.04. The van der Waals surface area contributed by atoms with Crippen LogP contribution in [0.15, 0.2) is 18.3 Å². The van der Waals surface area contributed by atoms with E-state index in [0.29, 0.717) is 19.0 Å². The zero-order chi connectivity index (χ0) is 19.6. The van der Waals surface area contributed by atoms with Crippen LogP contribution >= 0.6 is 0 Å². The Balaban J connectivity index is 1.61. The second-order valence-corrected chi connectivity index (χ2v) is 7.43. The molecule has 0 aliphatic carbocycles. The molecule has 146 valence electrons. The first-order chi connectivity index (χ1) is 12.9. The van der Waals surface area contributed by atoms with E-state index in [0.717, 1.165) is 29.8 Å². The summed E-state index contributed by atoms with van der Waals surface area (Å²) < 4.78 is 6.81. The van der Waals surface area contributed by atoms with Crippen LogP contribution in [0.5, 0.6) is 0 Å². The Bertz CT molecular complexity index is 832. The SMILES string of the molecule is COC(=O)[C@@H](NC(=O)N1CC[C@@H](Cc2nc3cccnc3n2C)C1)C(C)C. The highest BCUT2D eigenvalue weighted by Gasteiger charge is 2.31. The van der Waals surface area contributed by atoms with E-state index >= 15 is 0 Å². The Kier molecular flexibility index (Phi) is 5.62. The smallest absolute Gasteiger partial charge is 0.328 e. The number of aryl methyl sites for hydroxylation is 1. The molecule has 3 heterocycles. The van der Waals surface area contributed by atoms with Crippen LogP contribution in [0.25, 0.3) is 11.2 Å². The lowest BCUT2D eigenvalue weighted by Crippen LogP contribution is -2.50. The van der Waals surface area contributed by atoms with Crippen molar-refractivity contribution in [3.63, 3.8) is 0 Å². The Morgan fingerprint density at radius 3 is 2.85 bits per heavy atom. The maximum Gasteiger partial charge on any atom is 0.328 e. The second-order valence-electron chi connectivity index (χ2n) is 7.43. The predicted octanol–water partition coefficient (Wildman–Crippen LogP) is 1.74. The topological polar surface area (TPSA) is 89.3 Å². The lowest BCUT2D eigenvalue weighted by Gasteiger charge is -2.24. The van der Waals surface area contributed by atoms with Gasteiger partial charge in [0, 0.05) is 32.8 Å². The molecule has 1 aliphatic rings. The number of nitrogens with zero attached hydrogens (tertiary/aromatic N) is 4. The zero-order valence-corrected chi connectivity index (χ0v) is 16.3. The molecular weight excluding hydrogens is 346 g/mol. The Hall–Kier alpha value is -2.64. The van der Waals surface area contributed by atoms with Gasteiger partial charge in [0.05, 0.1) is 7.11 Å². The van der Waals surface area contributed by atoms with Gasteiger partial charge in [-0.15, -0.1) is 0 Å². The standard InChI is InChI=1S/C19H27N5O3/c1-12(2)16(18(25)27-4)22-19(26)24-9-7-13(11-24)10-15-21-14-6-5-8-20-17(14)23(15)3/h5-6,8,12-13,16H,7,9-11H2,1-4H3,(H,22,26)/t13-,16-/m0/s1. The monoisotopic (exact) mass is 373 g/mol. The lowest BCUT2D eigenvalue weighted by atomic mass is 10.0. The van der Waals surface area contributed by atoms with Gasteiger partial charge in [-0.05, 0) is 30.4 Å². The van der Waals surface area contributed by atoms with Gasteiger partial charge >= 0.3 is 12.0 Å². The molecule has 3 rings (SSSR count).